The van der Waals surface area contributed by atoms with Gasteiger partial charge in [-0.15, -0.1) is 10.2 Å². The fraction of sp³-hybridized carbons (Fsp3) is 0.429. The second-order valence-corrected chi connectivity index (χ2v) is 4.81. The highest BCUT2D eigenvalue weighted by Crippen LogP contribution is 2.20. The number of nitrogens with one attached hydrogen (secondary N) is 1. The van der Waals surface area contributed by atoms with Crippen molar-refractivity contribution in [1.82, 2.24) is 20.4 Å². The molecular formula is C14H19FN4O. The van der Waals surface area contributed by atoms with Gasteiger partial charge in [-0.25, -0.2) is 4.39 Å². The lowest BCUT2D eigenvalue weighted by atomic mass is 10.2. The summed E-state index contributed by atoms with van der Waals surface area (Å²) in [6.07, 6.45) is 1.04. The summed E-state index contributed by atoms with van der Waals surface area (Å²) in [7, 11) is 4.08. The molecule has 0 radical (unpaired) electrons. The van der Waals surface area contributed by atoms with Gasteiger partial charge in [-0.05, 0) is 45.7 Å². The SMILES string of the molecule is CN(C)CCCNCc1nnc(-c2ccccc2F)o1. The van der Waals surface area contributed by atoms with E-state index in [4.69, 9.17) is 4.42 Å². The third kappa shape index (κ3) is 4.11. The van der Waals surface area contributed by atoms with E-state index < -0.39 is 0 Å². The smallest absolute Gasteiger partial charge is 0.250 e. The topological polar surface area (TPSA) is 54.2 Å². The molecule has 2 rings (SSSR count). The van der Waals surface area contributed by atoms with E-state index in [0.29, 0.717) is 18.0 Å². The lowest BCUT2D eigenvalue weighted by Crippen LogP contribution is -2.21. The molecule has 0 aliphatic carbocycles. The van der Waals surface area contributed by atoms with Gasteiger partial charge in [0.05, 0.1) is 12.1 Å². The lowest BCUT2D eigenvalue weighted by Gasteiger charge is -2.08. The minimum Gasteiger partial charge on any atom is -0.419 e. The van der Waals surface area contributed by atoms with Crippen LogP contribution in [0.5, 0.6) is 0 Å². The predicted molar refractivity (Wildman–Crippen MR) is 74.6 cm³/mol. The van der Waals surface area contributed by atoms with Gasteiger partial charge >= 0.3 is 0 Å². The van der Waals surface area contributed by atoms with E-state index in [0.717, 1.165) is 19.5 Å². The van der Waals surface area contributed by atoms with Crippen molar-refractivity contribution in [2.45, 2.75) is 13.0 Å². The second kappa shape index (κ2) is 7.12. The highest BCUT2D eigenvalue weighted by atomic mass is 19.1. The summed E-state index contributed by atoms with van der Waals surface area (Å²) in [6, 6.07) is 6.36. The van der Waals surface area contributed by atoms with Crippen LogP contribution in [0.25, 0.3) is 11.5 Å². The molecule has 5 nitrogen and oxygen atoms in total. The average Bonchev–Trinajstić information content (AvgIpc) is 2.87. The van der Waals surface area contributed by atoms with Crippen molar-refractivity contribution in [3.8, 4) is 11.5 Å². The Labute approximate surface area is 117 Å². The van der Waals surface area contributed by atoms with Gasteiger partial charge in [-0.3, -0.25) is 0 Å². The van der Waals surface area contributed by atoms with Gasteiger partial charge in [-0.1, -0.05) is 12.1 Å². The monoisotopic (exact) mass is 278 g/mol. The Morgan fingerprint density at radius 1 is 1.25 bits per heavy atom. The van der Waals surface area contributed by atoms with Crippen molar-refractivity contribution >= 4 is 0 Å². The van der Waals surface area contributed by atoms with E-state index >= 15 is 0 Å². The number of nitrogens with zero attached hydrogens (tertiary/aromatic N) is 3. The minimum atomic E-state index is -0.360. The molecule has 1 aromatic heterocycles. The summed E-state index contributed by atoms with van der Waals surface area (Å²) in [5.41, 5.74) is 0.332. The van der Waals surface area contributed by atoms with Crippen LogP contribution in [0.1, 0.15) is 12.3 Å². The Bertz CT molecular complexity index is 541. The molecule has 0 atom stereocenters. The highest BCUT2D eigenvalue weighted by Gasteiger charge is 2.11. The van der Waals surface area contributed by atoms with E-state index in [-0.39, 0.29) is 11.7 Å². The van der Waals surface area contributed by atoms with E-state index in [1.165, 1.54) is 6.07 Å². The van der Waals surface area contributed by atoms with Crippen LogP contribution < -0.4 is 5.32 Å². The Morgan fingerprint density at radius 2 is 2.05 bits per heavy atom. The Hall–Kier alpha value is -1.79. The third-order valence-electron chi connectivity index (χ3n) is 2.81. The first-order chi connectivity index (χ1) is 9.66. The number of hydrogen-bond donors (Lipinski definition) is 1. The molecule has 0 aliphatic rings. The van der Waals surface area contributed by atoms with Crippen molar-refractivity contribution in [2.24, 2.45) is 0 Å². The maximum atomic E-state index is 13.6. The summed E-state index contributed by atoms with van der Waals surface area (Å²) >= 11 is 0. The van der Waals surface area contributed by atoms with Gasteiger partial charge in [-0.2, -0.15) is 0 Å². The van der Waals surface area contributed by atoms with Crippen LogP contribution in [-0.4, -0.2) is 42.3 Å². The van der Waals surface area contributed by atoms with Crippen LogP contribution >= 0.6 is 0 Å². The molecule has 108 valence electrons. The van der Waals surface area contributed by atoms with Gasteiger partial charge in [0.1, 0.15) is 5.82 Å². The lowest BCUT2D eigenvalue weighted by molar-refractivity contribution is 0.389. The van der Waals surface area contributed by atoms with Crippen molar-refractivity contribution in [2.75, 3.05) is 27.2 Å². The standard InChI is InChI=1S/C14H19FN4O/c1-19(2)9-5-8-16-10-13-17-18-14(20-13)11-6-3-4-7-12(11)15/h3-4,6-7,16H,5,8-10H2,1-2H3. The number of hydrogen-bond acceptors (Lipinski definition) is 5. The maximum Gasteiger partial charge on any atom is 0.250 e. The first kappa shape index (κ1) is 14.6. The number of aromatic nitrogens is 2. The number of benzene rings is 1. The van der Waals surface area contributed by atoms with Crippen molar-refractivity contribution in [1.29, 1.82) is 0 Å². The van der Waals surface area contributed by atoms with Gasteiger partial charge in [0, 0.05) is 0 Å². The summed E-state index contributed by atoms with van der Waals surface area (Å²) in [4.78, 5) is 2.13. The predicted octanol–water partition coefficient (Wildman–Crippen LogP) is 1.92. The Balaban J connectivity index is 1.85. The summed E-state index contributed by atoms with van der Waals surface area (Å²) in [6.45, 7) is 2.39. The van der Waals surface area contributed by atoms with Gasteiger partial charge in [0.15, 0.2) is 0 Å². The molecule has 1 heterocycles. The maximum absolute atomic E-state index is 13.6. The average molecular weight is 278 g/mol. The molecule has 0 amide bonds. The molecule has 20 heavy (non-hydrogen) atoms. The normalized spacial score (nSPS) is 11.2. The Morgan fingerprint density at radius 3 is 2.80 bits per heavy atom. The molecule has 1 aromatic carbocycles. The van der Waals surface area contributed by atoms with E-state index in [9.17, 15) is 4.39 Å². The van der Waals surface area contributed by atoms with Crippen LogP contribution in [0, 0.1) is 5.82 Å². The molecule has 2 aromatic rings. The van der Waals surface area contributed by atoms with Crippen LogP contribution in [0.3, 0.4) is 0 Å². The minimum absolute atomic E-state index is 0.216. The Kier molecular flexibility index (Phi) is 5.20. The number of rotatable bonds is 7. The fourth-order valence-corrected chi connectivity index (χ4v) is 1.78. The molecule has 0 spiro atoms. The summed E-state index contributed by atoms with van der Waals surface area (Å²) < 4.78 is 19.0. The first-order valence-corrected chi connectivity index (χ1v) is 6.59. The van der Waals surface area contributed by atoms with Crippen molar-refractivity contribution in [3.05, 3.63) is 36.0 Å². The molecular weight excluding hydrogens is 259 g/mol. The van der Waals surface area contributed by atoms with Gasteiger partial charge in [0.25, 0.3) is 5.89 Å². The molecule has 0 saturated carbocycles. The largest absolute Gasteiger partial charge is 0.419 e. The zero-order valence-corrected chi connectivity index (χ0v) is 11.8. The second-order valence-electron chi connectivity index (χ2n) is 4.81. The molecule has 0 unspecified atom stereocenters. The number of halogens is 1. The van der Waals surface area contributed by atoms with Crippen molar-refractivity contribution in [3.63, 3.8) is 0 Å². The highest BCUT2D eigenvalue weighted by molar-refractivity contribution is 5.53. The van der Waals surface area contributed by atoms with Crippen LogP contribution in [0.4, 0.5) is 4.39 Å². The van der Waals surface area contributed by atoms with E-state index in [2.05, 4.69) is 20.4 Å². The summed E-state index contributed by atoms with van der Waals surface area (Å²) in [5.74, 6) is 0.322. The van der Waals surface area contributed by atoms with Gasteiger partial charge < -0.3 is 14.6 Å². The van der Waals surface area contributed by atoms with Crippen molar-refractivity contribution < 1.29 is 8.81 Å². The van der Waals surface area contributed by atoms with Crippen LogP contribution in [-0.2, 0) is 6.54 Å². The first-order valence-electron chi connectivity index (χ1n) is 6.59. The molecule has 0 saturated heterocycles. The molecule has 0 bridgehead atoms. The fourth-order valence-electron chi connectivity index (χ4n) is 1.78. The van der Waals surface area contributed by atoms with Crippen LogP contribution in [0.15, 0.2) is 28.7 Å². The van der Waals surface area contributed by atoms with Crippen LogP contribution in [0.2, 0.25) is 0 Å². The zero-order valence-electron chi connectivity index (χ0n) is 11.8. The molecule has 0 fully saturated rings. The summed E-state index contributed by atoms with van der Waals surface area (Å²) in [5, 5.41) is 11.0. The molecule has 6 heteroatoms. The molecule has 1 N–H and O–H groups in total. The molecule has 0 aliphatic heterocycles. The quantitative estimate of drug-likeness (QED) is 0.784. The third-order valence-corrected chi connectivity index (χ3v) is 2.81. The van der Waals surface area contributed by atoms with Gasteiger partial charge in [0.2, 0.25) is 5.89 Å². The zero-order chi connectivity index (χ0) is 14.4. The van der Waals surface area contributed by atoms with E-state index in [1.807, 2.05) is 14.1 Å². The van der Waals surface area contributed by atoms with E-state index in [1.54, 1.807) is 18.2 Å².